The maximum absolute atomic E-state index is 12.6. The quantitative estimate of drug-likeness (QED) is 0.666. The number of hydrogen-bond acceptors (Lipinski definition) is 3. The Balaban J connectivity index is 2.81. The lowest BCUT2D eigenvalue weighted by Crippen LogP contribution is -2.53. The van der Waals surface area contributed by atoms with Crippen LogP contribution >= 0.6 is 0 Å². The van der Waals surface area contributed by atoms with Crippen molar-refractivity contribution in [1.82, 2.24) is 10.6 Å². The minimum atomic E-state index is -0.937. The summed E-state index contributed by atoms with van der Waals surface area (Å²) < 4.78 is 0. The first-order valence-corrected chi connectivity index (χ1v) is 7.71. The zero-order valence-electron chi connectivity index (χ0n) is 12.9. The number of piperidine rings is 1. The number of carbonyl (C=O) groups is 2. The molecule has 116 valence electrons. The second kappa shape index (κ2) is 7.62. The molecule has 1 amide bonds. The van der Waals surface area contributed by atoms with Crippen molar-refractivity contribution in [2.75, 3.05) is 13.1 Å². The van der Waals surface area contributed by atoms with E-state index in [0.29, 0.717) is 0 Å². The molecule has 1 aliphatic heterocycles. The van der Waals surface area contributed by atoms with Gasteiger partial charge in [0.2, 0.25) is 5.91 Å². The van der Waals surface area contributed by atoms with Crippen LogP contribution in [0.1, 0.15) is 52.9 Å². The summed E-state index contributed by atoms with van der Waals surface area (Å²) >= 11 is 0. The molecule has 1 aliphatic rings. The number of aliphatic carboxylic acids is 1. The molecule has 5 nitrogen and oxygen atoms in total. The monoisotopic (exact) mass is 284 g/mol. The molecular weight excluding hydrogens is 256 g/mol. The number of nitrogens with one attached hydrogen (secondary N) is 2. The summed E-state index contributed by atoms with van der Waals surface area (Å²) in [7, 11) is 0. The van der Waals surface area contributed by atoms with Crippen LogP contribution in [-0.2, 0) is 9.59 Å². The summed E-state index contributed by atoms with van der Waals surface area (Å²) in [6.45, 7) is 7.54. The highest BCUT2D eigenvalue weighted by molar-refractivity contribution is 5.87. The molecule has 0 radical (unpaired) electrons. The average molecular weight is 284 g/mol. The lowest BCUT2D eigenvalue weighted by molar-refractivity contribution is -0.146. The van der Waals surface area contributed by atoms with E-state index in [4.69, 9.17) is 0 Å². The smallest absolute Gasteiger partial charge is 0.326 e. The van der Waals surface area contributed by atoms with Crippen molar-refractivity contribution in [3.8, 4) is 0 Å². The Morgan fingerprint density at radius 2 is 1.90 bits per heavy atom. The molecule has 1 saturated heterocycles. The molecule has 5 heteroatoms. The first-order chi connectivity index (χ1) is 9.46. The van der Waals surface area contributed by atoms with Gasteiger partial charge in [-0.05, 0) is 38.3 Å². The maximum Gasteiger partial charge on any atom is 0.326 e. The van der Waals surface area contributed by atoms with Gasteiger partial charge in [-0.1, -0.05) is 33.6 Å². The summed E-state index contributed by atoms with van der Waals surface area (Å²) in [6.07, 6.45) is 4.08. The first kappa shape index (κ1) is 17.0. The molecule has 0 aromatic heterocycles. The zero-order valence-corrected chi connectivity index (χ0v) is 12.9. The topological polar surface area (TPSA) is 78.4 Å². The van der Waals surface area contributed by atoms with Crippen LogP contribution in [0.4, 0.5) is 0 Å². The van der Waals surface area contributed by atoms with E-state index in [1.165, 1.54) is 0 Å². The van der Waals surface area contributed by atoms with Crippen LogP contribution in [0.2, 0.25) is 0 Å². The summed E-state index contributed by atoms with van der Waals surface area (Å²) in [4.78, 5) is 24.0. The number of carboxylic acid groups (broad SMARTS) is 1. The van der Waals surface area contributed by atoms with Crippen LogP contribution in [0.3, 0.4) is 0 Å². The van der Waals surface area contributed by atoms with Crippen molar-refractivity contribution >= 4 is 11.9 Å². The van der Waals surface area contributed by atoms with Crippen molar-refractivity contribution in [2.24, 2.45) is 11.3 Å². The van der Waals surface area contributed by atoms with E-state index < -0.39 is 12.0 Å². The number of hydrogen-bond donors (Lipinski definition) is 3. The number of amides is 1. The Morgan fingerprint density at radius 1 is 1.30 bits per heavy atom. The standard InChI is InChI=1S/C15H28N2O3/c1-4-6-15(7-9-16-10-8-15)14(20)17-12(13(18)19)11(3)5-2/h11-12,16H,4-10H2,1-3H3,(H,17,20)(H,18,19)/t11?,12-/m0/s1. The normalized spacial score (nSPS) is 20.9. The third-order valence-electron chi connectivity index (χ3n) is 4.54. The molecule has 0 aromatic carbocycles. The Labute approximate surface area is 121 Å². The highest BCUT2D eigenvalue weighted by atomic mass is 16.4. The third kappa shape index (κ3) is 3.95. The molecule has 0 bridgehead atoms. The van der Waals surface area contributed by atoms with E-state index in [2.05, 4.69) is 17.6 Å². The fraction of sp³-hybridized carbons (Fsp3) is 0.867. The van der Waals surface area contributed by atoms with Crippen LogP contribution in [0.15, 0.2) is 0 Å². The lowest BCUT2D eigenvalue weighted by Gasteiger charge is -2.37. The molecule has 1 heterocycles. The average Bonchev–Trinajstić information content (AvgIpc) is 2.44. The Hall–Kier alpha value is -1.10. The van der Waals surface area contributed by atoms with E-state index in [-0.39, 0.29) is 17.2 Å². The Morgan fingerprint density at radius 3 is 2.35 bits per heavy atom. The highest BCUT2D eigenvalue weighted by Gasteiger charge is 2.40. The predicted molar refractivity (Wildman–Crippen MR) is 78.5 cm³/mol. The second-order valence-electron chi connectivity index (χ2n) is 5.96. The molecule has 0 aromatic rings. The van der Waals surface area contributed by atoms with Crippen LogP contribution < -0.4 is 10.6 Å². The van der Waals surface area contributed by atoms with Crippen LogP contribution in [0.5, 0.6) is 0 Å². The van der Waals surface area contributed by atoms with Crippen LogP contribution in [0, 0.1) is 11.3 Å². The number of carboxylic acids is 1. The fourth-order valence-electron chi connectivity index (χ4n) is 2.95. The van der Waals surface area contributed by atoms with E-state index in [1.807, 2.05) is 13.8 Å². The van der Waals surface area contributed by atoms with Crippen molar-refractivity contribution in [1.29, 1.82) is 0 Å². The van der Waals surface area contributed by atoms with Gasteiger partial charge in [0.25, 0.3) is 0 Å². The van der Waals surface area contributed by atoms with Gasteiger partial charge < -0.3 is 15.7 Å². The molecule has 1 rings (SSSR count). The van der Waals surface area contributed by atoms with E-state index >= 15 is 0 Å². The van der Waals surface area contributed by atoms with E-state index in [1.54, 1.807) is 0 Å². The van der Waals surface area contributed by atoms with Gasteiger partial charge in [0.05, 0.1) is 5.41 Å². The zero-order chi connectivity index (χ0) is 15.2. The summed E-state index contributed by atoms with van der Waals surface area (Å²) in [5.41, 5.74) is -0.388. The van der Waals surface area contributed by atoms with Crippen molar-refractivity contribution in [3.05, 3.63) is 0 Å². The number of carbonyl (C=O) groups excluding carboxylic acids is 1. The minimum Gasteiger partial charge on any atom is -0.480 e. The van der Waals surface area contributed by atoms with E-state index in [9.17, 15) is 14.7 Å². The SMILES string of the molecule is CCCC1(C(=O)N[C@H](C(=O)O)C(C)CC)CCNCC1. The van der Waals surface area contributed by atoms with Gasteiger partial charge in [-0.3, -0.25) is 4.79 Å². The second-order valence-corrected chi connectivity index (χ2v) is 5.96. The molecular formula is C15H28N2O3. The molecule has 1 unspecified atom stereocenters. The third-order valence-corrected chi connectivity index (χ3v) is 4.54. The fourth-order valence-corrected chi connectivity index (χ4v) is 2.95. The molecule has 0 saturated carbocycles. The summed E-state index contributed by atoms with van der Waals surface area (Å²) in [5.74, 6) is -1.07. The molecule has 0 spiro atoms. The van der Waals surface area contributed by atoms with Crippen LogP contribution in [0.25, 0.3) is 0 Å². The van der Waals surface area contributed by atoms with Crippen molar-refractivity contribution in [3.63, 3.8) is 0 Å². The van der Waals surface area contributed by atoms with Crippen molar-refractivity contribution < 1.29 is 14.7 Å². The van der Waals surface area contributed by atoms with Gasteiger partial charge in [0.15, 0.2) is 0 Å². The maximum atomic E-state index is 12.6. The van der Waals surface area contributed by atoms with Crippen LogP contribution in [-0.4, -0.2) is 36.1 Å². The Bertz CT molecular complexity index is 333. The summed E-state index contributed by atoms with van der Waals surface area (Å²) in [5, 5.41) is 15.4. The van der Waals surface area contributed by atoms with Gasteiger partial charge in [-0.15, -0.1) is 0 Å². The van der Waals surface area contributed by atoms with Gasteiger partial charge >= 0.3 is 5.97 Å². The molecule has 1 fully saturated rings. The highest BCUT2D eigenvalue weighted by Crippen LogP contribution is 2.34. The van der Waals surface area contributed by atoms with Gasteiger partial charge in [0, 0.05) is 0 Å². The van der Waals surface area contributed by atoms with Gasteiger partial charge in [-0.2, -0.15) is 0 Å². The van der Waals surface area contributed by atoms with Gasteiger partial charge in [-0.25, -0.2) is 4.79 Å². The minimum absolute atomic E-state index is 0.0585. The molecule has 0 aliphatic carbocycles. The van der Waals surface area contributed by atoms with Gasteiger partial charge in [0.1, 0.15) is 6.04 Å². The Kier molecular flexibility index (Phi) is 6.46. The number of rotatable bonds is 7. The van der Waals surface area contributed by atoms with Crippen molar-refractivity contribution in [2.45, 2.75) is 58.9 Å². The molecule has 3 N–H and O–H groups in total. The largest absolute Gasteiger partial charge is 0.480 e. The summed E-state index contributed by atoms with van der Waals surface area (Å²) in [6, 6.07) is -0.781. The molecule has 20 heavy (non-hydrogen) atoms. The molecule has 2 atom stereocenters. The first-order valence-electron chi connectivity index (χ1n) is 7.71. The predicted octanol–water partition coefficient (Wildman–Crippen LogP) is 1.77. The lowest BCUT2D eigenvalue weighted by atomic mass is 9.74. The van der Waals surface area contributed by atoms with E-state index in [0.717, 1.165) is 45.2 Å².